The number of anilines is 1. The van der Waals surface area contributed by atoms with Gasteiger partial charge in [-0.15, -0.1) is 0 Å². The Balaban J connectivity index is 2.49. The molecule has 1 saturated heterocycles. The van der Waals surface area contributed by atoms with E-state index in [1.54, 1.807) is 6.07 Å². The minimum Gasteiger partial charge on any atom is -0.388 e. The molecule has 1 fully saturated rings. The second-order valence-electron chi connectivity index (χ2n) is 3.76. The van der Waals surface area contributed by atoms with Crippen LogP contribution in [0.3, 0.4) is 0 Å². The molecule has 16 heavy (non-hydrogen) atoms. The summed E-state index contributed by atoms with van der Waals surface area (Å²) in [4.78, 5) is 0. The van der Waals surface area contributed by atoms with Gasteiger partial charge in [0.25, 0.3) is 0 Å². The second kappa shape index (κ2) is 4.12. The Labute approximate surface area is 94.8 Å². The van der Waals surface area contributed by atoms with Crippen molar-refractivity contribution in [3.05, 3.63) is 29.3 Å². The number of nitrogens with one attached hydrogen (secondary N) is 1. The van der Waals surface area contributed by atoms with E-state index in [1.165, 1.54) is 0 Å². The van der Waals surface area contributed by atoms with Crippen molar-refractivity contribution >= 4 is 5.69 Å². The lowest BCUT2D eigenvalue weighted by Crippen LogP contribution is -2.23. The number of benzene rings is 1. The van der Waals surface area contributed by atoms with Crippen molar-refractivity contribution in [2.45, 2.75) is 12.7 Å². The first-order chi connectivity index (χ1) is 7.69. The molecule has 0 radical (unpaired) electrons. The van der Waals surface area contributed by atoms with Crippen LogP contribution in [0.4, 0.5) is 5.69 Å². The van der Waals surface area contributed by atoms with Crippen LogP contribution in [0.2, 0.25) is 0 Å². The molecule has 4 heteroatoms. The van der Waals surface area contributed by atoms with Gasteiger partial charge in [0.05, 0.1) is 24.8 Å². The van der Waals surface area contributed by atoms with Gasteiger partial charge in [-0.25, -0.2) is 0 Å². The van der Waals surface area contributed by atoms with Crippen molar-refractivity contribution in [3.8, 4) is 6.07 Å². The molecule has 0 aliphatic carbocycles. The van der Waals surface area contributed by atoms with E-state index < -0.39 is 5.79 Å². The fraction of sp³-hybridized carbons (Fsp3) is 0.417. The molecule has 0 bridgehead atoms. The van der Waals surface area contributed by atoms with Crippen LogP contribution in [0.5, 0.6) is 0 Å². The van der Waals surface area contributed by atoms with Gasteiger partial charge in [0, 0.05) is 18.3 Å². The zero-order valence-electron chi connectivity index (χ0n) is 9.41. The first-order valence-corrected chi connectivity index (χ1v) is 5.20. The number of nitriles is 1. The summed E-state index contributed by atoms with van der Waals surface area (Å²) >= 11 is 0. The highest BCUT2D eigenvalue weighted by molar-refractivity contribution is 5.53. The minimum atomic E-state index is -0.794. The molecule has 2 rings (SSSR count). The van der Waals surface area contributed by atoms with Crippen LogP contribution in [0, 0.1) is 11.3 Å². The maximum absolute atomic E-state index is 9.08. The van der Waals surface area contributed by atoms with E-state index in [2.05, 4.69) is 11.4 Å². The molecule has 1 aromatic carbocycles. The molecule has 0 atom stereocenters. The monoisotopic (exact) mass is 218 g/mol. The molecule has 0 unspecified atom stereocenters. The molecule has 1 N–H and O–H groups in total. The predicted molar refractivity (Wildman–Crippen MR) is 60.0 cm³/mol. The highest BCUT2D eigenvalue weighted by atomic mass is 16.7. The number of rotatable bonds is 2. The van der Waals surface area contributed by atoms with Gasteiger partial charge >= 0.3 is 0 Å². The fourth-order valence-electron chi connectivity index (χ4n) is 1.84. The standard InChI is InChI=1S/C12H14N2O2/c1-12(15-5-6-16-12)11-7-10(14-2)4-3-9(11)8-13/h3-4,7,14H,5-6H2,1-2H3. The van der Waals surface area contributed by atoms with E-state index in [-0.39, 0.29) is 0 Å². The molecule has 1 aliphatic heterocycles. The highest BCUT2D eigenvalue weighted by Crippen LogP contribution is 2.34. The molecule has 0 spiro atoms. The van der Waals surface area contributed by atoms with Crippen molar-refractivity contribution in [3.63, 3.8) is 0 Å². The summed E-state index contributed by atoms with van der Waals surface area (Å²) in [5, 5.41) is 12.1. The Morgan fingerprint density at radius 1 is 1.38 bits per heavy atom. The van der Waals surface area contributed by atoms with Gasteiger partial charge in [0.15, 0.2) is 5.79 Å². The maximum Gasteiger partial charge on any atom is 0.193 e. The second-order valence-corrected chi connectivity index (χ2v) is 3.76. The van der Waals surface area contributed by atoms with Crippen LogP contribution in [-0.4, -0.2) is 20.3 Å². The molecule has 0 amide bonds. The largest absolute Gasteiger partial charge is 0.388 e. The summed E-state index contributed by atoms with van der Waals surface area (Å²) in [6, 6.07) is 7.69. The third-order valence-electron chi connectivity index (χ3n) is 2.76. The first-order valence-electron chi connectivity index (χ1n) is 5.20. The lowest BCUT2D eigenvalue weighted by Gasteiger charge is -2.24. The highest BCUT2D eigenvalue weighted by Gasteiger charge is 2.35. The molecule has 1 aromatic rings. The quantitative estimate of drug-likeness (QED) is 0.822. The number of ether oxygens (including phenoxy) is 2. The van der Waals surface area contributed by atoms with Crippen LogP contribution < -0.4 is 5.32 Å². The first kappa shape index (κ1) is 10.9. The molecular weight excluding hydrogens is 204 g/mol. The molecule has 0 aromatic heterocycles. The number of hydrogen-bond acceptors (Lipinski definition) is 4. The molecular formula is C12H14N2O2. The maximum atomic E-state index is 9.08. The average molecular weight is 218 g/mol. The Bertz CT molecular complexity index is 431. The van der Waals surface area contributed by atoms with Crippen LogP contribution in [0.1, 0.15) is 18.1 Å². The predicted octanol–water partition coefficient (Wildman–Crippen LogP) is 1.82. The van der Waals surface area contributed by atoms with Gasteiger partial charge in [0.1, 0.15) is 0 Å². The van der Waals surface area contributed by atoms with Gasteiger partial charge in [-0.3, -0.25) is 0 Å². The van der Waals surface area contributed by atoms with Gasteiger partial charge < -0.3 is 14.8 Å². The third kappa shape index (κ3) is 1.75. The summed E-state index contributed by atoms with van der Waals surface area (Å²) < 4.78 is 11.1. The zero-order valence-corrected chi connectivity index (χ0v) is 9.41. The van der Waals surface area contributed by atoms with E-state index in [0.29, 0.717) is 18.8 Å². The summed E-state index contributed by atoms with van der Waals surface area (Å²) in [6.07, 6.45) is 0. The Morgan fingerprint density at radius 3 is 2.62 bits per heavy atom. The van der Waals surface area contributed by atoms with Gasteiger partial charge in [0.2, 0.25) is 0 Å². The SMILES string of the molecule is CNc1ccc(C#N)c(C2(C)OCCO2)c1. The van der Waals surface area contributed by atoms with E-state index in [9.17, 15) is 0 Å². The third-order valence-corrected chi connectivity index (χ3v) is 2.76. The van der Waals surface area contributed by atoms with E-state index in [1.807, 2.05) is 26.1 Å². The van der Waals surface area contributed by atoms with Gasteiger partial charge in [-0.05, 0) is 25.1 Å². The fourth-order valence-corrected chi connectivity index (χ4v) is 1.84. The molecule has 1 heterocycles. The van der Waals surface area contributed by atoms with E-state index >= 15 is 0 Å². The van der Waals surface area contributed by atoms with Crippen molar-refractivity contribution in [1.82, 2.24) is 0 Å². The van der Waals surface area contributed by atoms with Crippen molar-refractivity contribution in [2.24, 2.45) is 0 Å². The molecule has 0 saturated carbocycles. The summed E-state index contributed by atoms with van der Waals surface area (Å²) in [7, 11) is 1.84. The lowest BCUT2D eigenvalue weighted by molar-refractivity contribution is -0.149. The van der Waals surface area contributed by atoms with Gasteiger partial charge in [-0.1, -0.05) is 0 Å². The Morgan fingerprint density at radius 2 is 2.06 bits per heavy atom. The smallest absolute Gasteiger partial charge is 0.193 e. The van der Waals surface area contributed by atoms with Crippen LogP contribution in [0.15, 0.2) is 18.2 Å². The van der Waals surface area contributed by atoms with Crippen LogP contribution in [0.25, 0.3) is 0 Å². The van der Waals surface area contributed by atoms with Crippen molar-refractivity contribution in [2.75, 3.05) is 25.6 Å². The van der Waals surface area contributed by atoms with Crippen molar-refractivity contribution < 1.29 is 9.47 Å². The molecule has 1 aliphatic rings. The average Bonchev–Trinajstić information content (AvgIpc) is 2.76. The summed E-state index contributed by atoms with van der Waals surface area (Å²) in [6.45, 7) is 2.96. The molecule has 84 valence electrons. The number of nitrogens with zero attached hydrogens (tertiary/aromatic N) is 1. The summed E-state index contributed by atoms with van der Waals surface area (Å²) in [5.74, 6) is -0.794. The number of hydrogen-bond donors (Lipinski definition) is 1. The lowest BCUT2D eigenvalue weighted by atomic mass is 10.0. The topological polar surface area (TPSA) is 54.3 Å². The summed E-state index contributed by atoms with van der Waals surface area (Å²) in [5.41, 5.74) is 2.30. The normalized spacial score (nSPS) is 18.1. The Kier molecular flexibility index (Phi) is 2.82. The van der Waals surface area contributed by atoms with E-state index in [0.717, 1.165) is 11.3 Å². The minimum absolute atomic E-state index is 0.561. The Hall–Kier alpha value is -1.57. The molecule has 4 nitrogen and oxygen atoms in total. The van der Waals surface area contributed by atoms with Crippen LogP contribution >= 0.6 is 0 Å². The van der Waals surface area contributed by atoms with E-state index in [4.69, 9.17) is 14.7 Å². The van der Waals surface area contributed by atoms with Gasteiger partial charge in [-0.2, -0.15) is 5.26 Å². The van der Waals surface area contributed by atoms with Crippen LogP contribution in [-0.2, 0) is 15.3 Å². The van der Waals surface area contributed by atoms with Crippen molar-refractivity contribution in [1.29, 1.82) is 5.26 Å². The zero-order chi connectivity index (χ0) is 11.6.